The van der Waals surface area contributed by atoms with Gasteiger partial charge in [0, 0.05) is 16.8 Å². The Balaban J connectivity index is 1.71. The van der Waals surface area contributed by atoms with Crippen molar-refractivity contribution in [3.8, 4) is 5.75 Å². The number of halogens is 4. The molecular weight excluding hydrogens is 399 g/mol. The van der Waals surface area contributed by atoms with E-state index < -0.39 is 12.5 Å². The van der Waals surface area contributed by atoms with Crippen molar-refractivity contribution in [2.24, 2.45) is 0 Å². The molecule has 1 N–H and O–H groups in total. The highest BCUT2D eigenvalue weighted by Crippen LogP contribution is 2.22. The maximum atomic E-state index is 12.3. The van der Waals surface area contributed by atoms with E-state index in [-0.39, 0.29) is 22.2 Å². The van der Waals surface area contributed by atoms with Crippen LogP contribution in [0.3, 0.4) is 0 Å². The second-order valence-corrected chi connectivity index (χ2v) is 6.35. The van der Waals surface area contributed by atoms with Crippen LogP contribution in [0.25, 0.3) is 0 Å². The van der Waals surface area contributed by atoms with Crippen LogP contribution in [0.1, 0.15) is 15.9 Å². The van der Waals surface area contributed by atoms with Crippen LogP contribution in [0.15, 0.2) is 54.7 Å². The van der Waals surface area contributed by atoms with Crippen molar-refractivity contribution in [2.75, 3.05) is 5.32 Å². The number of ether oxygens (including phenoxy) is 1. The lowest BCUT2D eigenvalue weighted by atomic mass is 10.2. The summed E-state index contributed by atoms with van der Waals surface area (Å²) in [5.74, 6) is -0.499. The van der Waals surface area contributed by atoms with Crippen LogP contribution in [-0.2, 0) is 6.54 Å². The first-order valence-electron chi connectivity index (χ1n) is 7.74. The summed E-state index contributed by atoms with van der Waals surface area (Å²) in [6.45, 7) is -2.54. The van der Waals surface area contributed by atoms with E-state index in [1.165, 1.54) is 24.3 Å². The molecule has 0 bridgehead atoms. The molecule has 0 aliphatic carbocycles. The lowest BCUT2D eigenvalue weighted by molar-refractivity contribution is -0.0498. The van der Waals surface area contributed by atoms with Crippen molar-refractivity contribution < 1.29 is 18.3 Å². The van der Waals surface area contributed by atoms with Gasteiger partial charge in [-0.25, -0.2) is 0 Å². The first-order chi connectivity index (χ1) is 12.9. The number of nitrogens with one attached hydrogen (secondary N) is 1. The average Bonchev–Trinajstić information content (AvgIpc) is 2.95. The first kappa shape index (κ1) is 19.1. The number of rotatable bonds is 6. The van der Waals surface area contributed by atoms with Crippen LogP contribution < -0.4 is 10.1 Å². The summed E-state index contributed by atoms with van der Waals surface area (Å²) in [7, 11) is 0. The Labute approximate surface area is 163 Å². The zero-order valence-electron chi connectivity index (χ0n) is 13.7. The number of hydrogen-bond acceptors (Lipinski definition) is 3. The minimum absolute atomic E-state index is 0.114. The molecule has 1 amide bonds. The largest absolute Gasteiger partial charge is 0.435 e. The molecule has 0 aliphatic heterocycles. The molecule has 0 radical (unpaired) electrons. The predicted molar refractivity (Wildman–Crippen MR) is 98.8 cm³/mol. The second-order valence-electron chi connectivity index (χ2n) is 5.51. The molecule has 0 fully saturated rings. The SMILES string of the molecule is O=C(Nc1nn(Cc2ccc(Cl)cc2)cc1Cl)c1cccc(OC(F)F)c1. The Morgan fingerprint density at radius 2 is 1.93 bits per heavy atom. The zero-order chi connectivity index (χ0) is 19.4. The number of carbonyl (C=O) groups excluding carboxylic acids is 1. The van der Waals surface area contributed by atoms with Gasteiger partial charge in [0.25, 0.3) is 5.91 Å². The van der Waals surface area contributed by atoms with E-state index in [2.05, 4.69) is 15.2 Å². The minimum Gasteiger partial charge on any atom is -0.435 e. The van der Waals surface area contributed by atoms with Gasteiger partial charge in [0.1, 0.15) is 10.8 Å². The van der Waals surface area contributed by atoms with Gasteiger partial charge in [-0.15, -0.1) is 0 Å². The first-order valence-corrected chi connectivity index (χ1v) is 8.50. The Bertz CT molecular complexity index is 946. The van der Waals surface area contributed by atoms with Gasteiger partial charge in [-0.2, -0.15) is 13.9 Å². The average molecular weight is 412 g/mol. The molecule has 0 saturated heterocycles. The maximum absolute atomic E-state index is 12.3. The van der Waals surface area contributed by atoms with Crippen LogP contribution >= 0.6 is 23.2 Å². The van der Waals surface area contributed by atoms with E-state index in [1.807, 2.05) is 12.1 Å². The summed E-state index contributed by atoms with van der Waals surface area (Å²) in [5, 5.41) is 7.66. The van der Waals surface area contributed by atoms with Crippen LogP contribution in [0.4, 0.5) is 14.6 Å². The van der Waals surface area contributed by atoms with E-state index in [1.54, 1.807) is 23.0 Å². The summed E-state index contributed by atoms with van der Waals surface area (Å²) in [6.07, 6.45) is 1.57. The molecule has 0 aliphatic rings. The van der Waals surface area contributed by atoms with Gasteiger partial charge in [-0.1, -0.05) is 41.4 Å². The van der Waals surface area contributed by atoms with Gasteiger partial charge in [-0.05, 0) is 35.9 Å². The number of aromatic nitrogens is 2. The predicted octanol–water partition coefficient (Wildman–Crippen LogP) is 5.09. The monoisotopic (exact) mass is 411 g/mol. The number of nitrogens with zero attached hydrogens (tertiary/aromatic N) is 2. The van der Waals surface area contributed by atoms with Gasteiger partial charge in [-0.3, -0.25) is 9.48 Å². The Hall–Kier alpha value is -2.64. The van der Waals surface area contributed by atoms with E-state index in [4.69, 9.17) is 23.2 Å². The third-order valence-corrected chi connectivity index (χ3v) is 4.06. The lowest BCUT2D eigenvalue weighted by Gasteiger charge is -2.07. The summed E-state index contributed by atoms with van der Waals surface area (Å²) >= 11 is 12.0. The molecule has 5 nitrogen and oxygen atoms in total. The molecule has 1 aromatic heterocycles. The standard InChI is InChI=1S/C18H13Cl2F2N3O2/c19-13-6-4-11(5-7-13)9-25-10-15(20)16(24-25)23-17(26)12-2-1-3-14(8-12)27-18(21)22/h1-8,10,18H,9H2,(H,23,24,26). The van der Waals surface area contributed by atoms with Crippen LogP contribution in [0.5, 0.6) is 5.75 Å². The molecule has 2 aromatic carbocycles. The number of anilines is 1. The lowest BCUT2D eigenvalue weighted by Crippen LogP contribution is -2.13. The molecule has 9 heteroatoms. The van der Waals surface area contributed by atoms with Gasteiger partial charge in [0.15, 0.2) is 5.82 Å². The van der Waals surface area contributed by atoms with Crippen molar-refractivity contribution >= 4 is 34.9 Å². The van der Waals surface area contributed by atoms with Crippen molar-refractivity contribution in [1.82, 2.24) is 9.78 Å². The molecule has 3 aromatic rings. The van der Waals surface area contributed by atoms with Gasteiger partial charge in [0.05, 0.1) is 6.54 Å². The number of alkyl halides is 2. The molecule has 0 unspecified atom stereocenters. The molecule has 0 atom stereocenters. The second kappa shape index (κ2) is 8.37. The highest BCUT2D eigenvalue weighted by Gasteiger charge is 2.14. The zero-order valence-corrected chi connectivity index (χ0v) is 15.2. The highest BCUT2D eigenvalue weighted by atomic mass is 35.5. The summed E-state index contributed by atoms with van der Waals surface area (Å²) in [6, 6.07) is 12.7. The molecule has 3 rings (SSSR count). The van der Waals surface area contributed by atoms with Gasteiger partial charge in [0.2, 0.25) is 0 Å². The van der Waals surface area contributed by atoms with Crippen molar-refractivity contribution in [3.63, 3.8) is 0 Å². The maximum Gasteiger partial charge on any atom is 0.387 e. The topological polar surface area (TPSA) is 56.2 Å². The smallest absolute Gasteiger partial charge is 0.387 e. The van der Waals surface area contributed by atoms with Crippen molar-refractivity contribution in [1.29, 1.82) is 0 Å². The minimum atomic E-state index is -2.97. The quantitative estimate of drug-likeness (QED) is 0.614. The molecule has 1 heterocycles. The number of hydrogen-bond donors (Lipinski definition) is 1. The fourth-order valence-corrected chi connectivity index (χ4v) is 2.66. The summed E-state index contributed by atoms with van der Waals surface area (Å²) in [5.41, 5.74) is 1.09. The van der Waals surface area contributed by atoms with Crippen LogP contribution in [0.2, 0.25) is 10.0 Å². The van der Waals surface area contributed by atoms with Crippen LogP contribution in [0, 0.1) is 0 Å². The van der Waals surface area contributed by atoms with Crippen molar-refractivity contribution in [2.45, 2.75) is 13.2 Å². The Kier molecular flexibility index (Phi) is 5.93. The van der Waals surface area contributed by atoms with E-state index >= 15 is 0 Å². The van der Waals surface area contributed by atoms with Crippen molar-refractivity contribution in [3.05, 3.63) is 75.9 Å². The van der Waals surface area contributed by atoms with E-state index in [0.29, 0.717) is 11.6 Å². The van der Waals surface area contributed by atoms with Gasteiger partial charge < -0.3 is 10.1 Å². The molecular formula is C18H13Cl2F2N3O2. The molecule has 0 saturated carbocycles. The fraction of sp³-hybridized carbons (Fsp3) is 0.111. The fourth-order valence-electron chi connectivity index (χ4n) is 2.33. The Morgan fingerprint density at radius 1 is 1.19 bits per heavy atom. The van der Waals surface area contributed by atoms with Crippen LogP contribution in [-0.4, -0.2) is 22.3 Å². The van der Waals surface area contributed by atoms with E-state index in [9.17, 15) is 13.6 Å². The number of amides is 1. The highest BCUT2D eigenvalue weighted by molar-refractivity contribution is 6.33. The number of carbonyl (C=O) groups is 1. The third kappa shape index (κ3) is 5.18. The summed E-state index contributed by atoms with van der Waals surface area (Å²) < 4.78 is 30.4. The normalized spacial score (nSPS) is 10.9. The van der Waals surface area contributed by atoms with E-state index in [0.717, 1.165) is 5.56 Å². The molecule has 0 spiro atoms. The number of benzene rings is 2. The third-order valence-electron chi connectivity index (χ3n) is 3.53. The molecule has 27 heavy (non-hydrogen) atoms. The summed E-state index contributed by atoms with van der Waals surface area (Å²) in [4.78, 5) is 12.3. The Morgan fingerprint density at radius 3 is 2.63 bits per heavy atom. The molecule has 140 valence electrons. The van der Waals surface area contributed by atoms with Gasteiger partial charge >= 0.3 is 6.61 Å².